The molecule has 1 aliphatic heterocycles. The molecule has 1 aliphatic rings. The van der Waals surface area contributed by atoms with Gasteiger partial charge in [-0.2, -0.15) is 0 Å². The van der Waals surface area contributed by atoms with Crippen LogP contribution in [0, 0.1) is 0 Å². The van der Waals surface area contributed by atoms with E-state index in [1.165, 1.54) is 11.1 Å². The van der Waals surface area contributed by atoms with Crippen molar-refractivity contribution in [2.24, 2.45) is 0 Å². The molecule has 3 heterocycles. The van der Waals surface area contributed by atoms with Crippen molar-refractivity contribution < 1.29 is 4.79 Å². The maximum absolute atomic E-state index is 12.2. The number of hydrogen-bond donors (Lipinski definition) is 0. The number of piperazine rings is 1. The van der Waals surface area contributed by atoms with Crippen LogP contribution in [-0.2, 0) is 0 Å². The van der Waals surface area contributed by atoms with E-state index in [4.69, 9.17) is 0 Å². The molecule has 134 valence electrons. The normalized spacial score (nSPS) is 14.7. The second-order valence-electron chi connectivity index (χ2n) is 6.54. The van der Waals surface area contributed by atoms with Crippen LogP contribution in [0.15, 0.2) is 42.0 Å². The Hall–Kier alpha value is -2.67. The Bertz CT molecular complexity index is 916. The Balaban J connectivity index is 1.66. The number of carbonyl (C=O) groups is 1. The topological polar surface area (TPSA) is 52.6 Å². The molecule has 7 heteroatoms. The number of amides is 2. The van der Waals surface area contributed by atoms with Crippen LogP contribution in [0.25, 0.3) is 21.3 Å². The highest BCUT2D eigenvalue weighted by molar-refractivity contribution is 7.17. The van der Waals surface area contributed by atoms with Crippen molar-refractivity contribution in [3.63, 3.8) is 0 Å². The average molecular weight is 367 g/mol. The summed E-state index contributed by atoms with van der Waals surface area (Å²) in [6.07, 6.45) is 1.64. The van der Waals surface area contributed by atoms with Crippen molar-refractivity contribution in [3.8, 4) is 11.1 Å². The summed E-state index contributed by atoms with van der Waals surface area (Å²) in [5.41, 5.74) is 2.35. The zero-order chi connectivity index (χ0) is 18.1. The zero-order valence-electron chi connectivity index (χ0n) is 14.9. The van der Waals surface area contributed by atoms with Crippen LogP contribution in [-0.4, -0.2) is 66.1 Å². The summed E-state index contributed by atoms with van der Waals surface area (Å²) in [5, 5.41) is 3.26. The lowest BCUT2D eigenvalue weighted by Gasteiger charge is -2.36. The summed E-state index contributed by atoms with van der Waals surface area (Å²) in [4.78, 5) is 28.0. The highest BCUT2D eigenvalue weighted by Gasteiger charge is 2.25. The molecule has 0 spiro atoms. The third-order valence-electron chi connectivity index (χ3n) is 4.67. The first-order valence-corrected chi connectivity index (χ1v) is 9.52. The third kappa shape index (κ3) is 2.99. The highest BCUT2D eigenvalue weighted by Crippen LogP contribution is 2.37. The lowest BCUT2D eigenvalue weighted by atomic mass is 10.1. The van der Waals surface area contributed by atoms with Gasteiger partial charge in [-0.3, -0.25) is 0 Å². The molecule has 0 atom stereocenters. The van der Waals surface area contributed by atoms with Crippen molar-refractivity contribution >= 4 is 33.4 Å². The van der Waals surface area contributed by atoms with Crippen LogP contribution in [0.3, 0.4) is 0 Å². The molecule has 26 heavy (non-hydrogen) atoms. The fourth-order valence-electron chi connectivity index (χ4n) is 3.32. The molecular formula is C19H21N5OS. The summed E-state index contributed by atoms with van der Waals surface area (Å²) in [6.45, 7) is 2.95. The molecule has 4 rings (SSSR count). The molecule has 6 nitrogen and oxygen atoms in total. The third-order valence-corrected chi connectivity index (χ3v) is 5.55. The Morgan fingerprint density at radius 1 is 1.08 bits per heavy atom. The minimum Gasteiger partial charge on any atom is -0.352 e. The first kappa shape index (κ1) is 16.8. The summed E-state index contributed by atoms with van der Waals surface area (Å²) < 4.78 is 0. The number of urea groups is 1. The predicted octanol–water partition coefficient (Wildman–Crippen LogP) is 3.16. The monoisotopic (exact) mass is 367 g/mol. The van der Waals surface area contributed by atoms with E-state index < -0.39 is 0 Å². The largest absolute Gasteiger partial charge is 0.352 e. The van der Waals surface area contributed by atoms with E-state index in [1.807, 2.05) is 23.1 Å². The SMILES string of the molecule is CN(C)C(=O)N1CCN(c2ncnc3scc(-c4ccccc4)c23)CC1. The van der Waals surface area contributed by atoms with E-state index in [0.29, 0.717) is 13.1 Å². The molecule has 1 aromatic carbocycles. The van der Waals surface area contributed by atoms with Crippen molar-refractivity contribution in [2.45, 2.75) is 0 Å². The van der Waals surface area contributed by atoms with Gasteiger partial charge < -0.3 is 14.7 Å². The van der Waals surface area contributed by atoms with Gasteiger partial charge in [0.1, 0.15) is 17.0 Å². The smallest absolute Gasteiger partial charge is 0.319 e. The van der Waals surface area contributed by atoms with Crippen LogP contribution in [0.5, 0.6) is 0 Å². The summed E-state index contributed by atoms with van der Waals surface area (Å²) in [5.74, 6) is 0.965. The van der Waals surface area contributed by atoms with Gasteiger partial charge in [-0.15, -0.1) is 11.3 Å². The molecule has 1 fully saturated rings. The molecule has 0 aliphatic carbocycles. The molecular weight excluding hydrogens is 346 g/mol. The van der Waals surface area contributed by atoms with Gasteiger partial charge in [0.05, 0.1) is 5.39 Å². The first-order valence-electron chi connectivity index (χ1n) is 8.64. The molecule has 0 unspecified atom stereocenters. The standard InChI is InChI=1S/C19H21N5OS/c1-22(2)19(25)24-10-8-23(9-11-24)17-16-15(14-6-4-3-5-7-14)12-26-18(16)21-13-20-17/h3-7,12-13H,8-11H2,1-2H3. The minimum atomic E-state index is 0.0676. The Morgan fingerprint density at radius 2 is 1.81 bits per heavy atom. The molecule has 1 saturated heterocycles. The quantitative estimate of drug-likeness (QED) is 0.698. The van der Waals surface area contributed by atoms with E-state index in [1.54, 1.807) is 36.7 Å². The number of fused-ring (bicyclic) bond motifs is 1. The fraction of sp³-hybridized carbons (Fsp3) is 0.316. The Kier molecular flexibility index (Phi) is 4.46. The van der Waals surface area contributed by atoms with Gasteiger partial charge in [-0.25, -0.2) is 14.8 Å². The second-order valence-corrected chi connectivity index (χ2v) is 7.40. The average Bonchev–Trinajstić information content (AvgIpc) is 3.12. The van der Waals surface area contributed by atoms with Crippen LogP contribution in [0.1, 0.15) is 0 Å². The van der Waals surface area contributed by atoms with Gasteiger partial charge in [0, 0.05) is 51.2 Å². The van der Waals surface area contributed by atoms with Crippen LogP contribution in [0.2, 0.25) is 0 Å². The number of carbonyl (C=O) groups excluding carboxylic acids is 1. The minimum absolute atomic E-state index is 0.0676. The number of rotatable bonds is 2. The van der Waals surface area contributed by atoms with E-state index in [2.05, 4.69) is 32.4 Å². The van der Waals surface area contributed by atoms with Gasteiger partial charge in [0.15, 0.2) is 0 Å². The van der Waals surface area contributed by atoms with Gasteiger partial charge in [-0.1, -0.05) is 30.3 Å². The van der Waals surface area contributed by atoms with E-state index >= 15 is 0 Å². The van der Waals surface area contributed by atoms with Gasteiger partial charge in [0.25, 0.3) is 0 Å². The van der Waals surface area contributed by atoms with Gasteiger partial charge in [0.2, 0.25) is 0 Å². The number of thiophene rings is 1. The lowest BCUT2D eigenvalue weighted by molar-refractivity contribution is 0.168. The molecule has 3 aromatic rings. The van der Waals surface area contributed by atoms with E-state index in [9.17, 15) is 4.79 Å². The second kappa shape index (κ2) is 6.92. The van der Waals surface area contributed by atoms with Gasteiger partial charge >= 0.3 is 6.03 Å². The number of aromatic nitrogens is 2. The summed E-state index contributed by atoms with van der Waals surface area (Å²) in [6, 6.07) is 10.4. The van der Waals surface area contributed by atoms with Crippen molar-refractivity contribution in [1.29, 1.82) is 0 Å². The fourth-order valence-corrected chi connectivity index (χ4v) is 4.23. The Morgan fingerprint density at radius 3 is 2.50 bits per heavy atom. The number of nitrogens with zero attached hydrogens (tertiary/aromatic N) is 5. The van der Waals surface area contributed by atoms with E-state index in [0.717, 1.165) is 29.1 Å². The molecule has 0 N–H and O–H groups in total. The van der Waals surface area contributed by atoms with Gasteiger partial charge in [-0.05, 0) is 5.56 Å². The summed E-state index contributed by atoms with van der Waals surface area (Å²) in [7, 11) is 3.58. The Labute approximate surface area is 156 Å². The molecule has 2 amide bonds. The maximum atomic E-state index is 12.2. The molecule has 0 saturated carbocycles. The van der Waals surface area contributed by atoms with Crippen molar-refractivity contribution in [3.05, 3.63) is 42.0 Å². The molecule has 0 bridgehead atoms. The zero-order valence-corrected chi connectivity index (χ0v) is 15.7. The van der Waals surface area contributed by atoms with E-state index in [-0.39, 0.29) is 6.03 Å². The van der Waals surface area contributed by atoms with Crippen molar-refractivity contribution in [1.82, 2.24) is 19.8 Å². The van der Waals surface area contributed by atoms with Crippen LogP contribution in [0.4, 0.5) is 10.6 Å². The van der Waals surface area contributed by atoms with Crippen molar-refractivity contribution in [2.75, 3.05) is 45.2 Å². The maximum Gasteiger partial charge on any atom is 0.319 e. The molecule has 0 radical (unpaired) electrons. The number of anilines is 1. The lowest BCUT2D eigenvalue weighted by Crippen LogP contribution is -2.51. The summed E-state index contributed by atoms with van der Waals surface area (Å²) >= 11 is 1.65. The van der Waals surface area contributed by atoms with Crippen LogP contribution >= 0.6 is 11.3 Å². The van der Waals surface area contributed by atoms with Crippen LogP contribution < -0.4 is 4.90 Å². The highest BCUT2D eigenvalue weighted by atomic mass is 32.1. The predicted molar refractivity (Wildman–Crippen MR) is 106 cm³/mol. The first-order chi connectivity index (χ1) is 12.6. The molecule has 2 aromatic heterocycles. The number of benzene rings is 1. The number of hydrogen-bond acceptors (Lipinski definition) is 5.